The molecule has 0 aromatic rings. The second-order valence-electron chi connectivity index (χ2n) is 3.91. The molecule has 0 aromatic heterocycles. The van der Waals surface area contributed by atoms with Crippen LogP contribution in [0.4, 0.5) is 18.0 Å². The van der Waals surface area contributed by atoms with E-state index in [2.05, 4.69) is 5.32 Å². The lowest BCUT2D eigenvalue weighted by atomic mass is 10.1. The van der Waals surface area contributed by atoms with Gasteiger partial charge in [-0.3, -0.25) is 0 Å². The first-order chi connectivity index (χ1) is 8.04. The third kappa shape index (κ3) is 7.71. The van der Waals surface area contributed by atoms with E-state index in [0.29, 0.717) is 0 Å². The van der Waals surface area contributed by atoms with E-state index in [1.54, 1.807) is 0 Å². The first-order valence-corrected chi connectivity index (χ1v) is 5.09. The van der Waals surface area contributed by atoms with Gasteiger partial charge in [0.05, 0.1) is 6.54 Å². The van der Waals surface area contributed by atoms with Gasteiger partial charge >= 0.3 is 18.2 Å². The van der Waals surface area contributed by atoms with Crippen LogP contribution in [0.25, 0.3) is 0 Å². The van der Waals surface area contributed by atoms with Crippen LogP contribution >= 0.6 is 0 Å². The Morgan fingerprint density at radius 1 is 1.22 bits per heavy atom. The van der Waals surface area contributed by atoms with E-state index < -0.39 is 36.7 Å². The average Bonchev–Trinajstić information content (AvgIpc) is 2.20. The summed E-state index contributed by atoms with van der Waals surface area (Å²) in [7, 11) is 0. The Morgan fingerprint density at radius 3 is 2.22 bits per heavy atom. The molecule has 18 heavy (non-hydrogen) atoms. The number of carbonyl (C=O) groups is 2. The number of hydrogen-bond acceptors (Lipinski definition) is 3. The molecule has 4 N–H and O–H groups in total. The fourth-order valence-electron chi connectivity index (χ4n) is 0.881. The molecule has 1 unspecified atom stereocenters. The summed E-state index contributed by atoms with van der Waals surface area (Å²) in [5.41, 5.74) is -2.12. The summed E-state index contributed by atoms with van der Waals surface area (Å²) in [6.07, 6.45) is -5.56. The van der Waals surface area contributed by atoms with Gasteiger partial charge in [0.1, 0.15) is 0 Å². The lowest BCUT2D eigenvalue weighted by Crippen LogP contribution is -2.49. The van der Waals surface area contributed by atoms with Gasteiger partial charge in [0, 0.05) is 13.0 Å². The highest BCUT2D eigenvalue weighted by molar-refractivity contribution is 5.79. The van der Waals surface area contributed by atoms with Gasteiger partial charge in [0.2, 0.25) is 0 Å². The van der Waals surface area contributed by atoms with Gasteiger partial charge in [-0.1, -0.05) is 0 Å². The number of amides is 2. The lowest BCUT2D eigenvalue weighted by Gasteiger charge is -2.18. The number of rotatable bonds is 6. The first kappa shape index (κ1) is 16.5. The van der Waals surface area contributed by atoms with Crippen molar-refractivity contribution in [3.8, 4) is 0 Å². The van der Waals surface area contributed by atoms with Gasteiger partial charge in [0.25, 0.3) is 0 Å². The molecular formula is C9H15F3N2O4. The monoisotopic (exact) mass is 272 g/mol. The fourth-order valence-corrected chi connectivity index (χ4v) is 0.881. The van der Waals surface area contributed by atoms with Crippen molar-refractivity contribution in [2.24, 2.45) is 0 Å². The topological polar surface area (TPSA) is 98.7 Å². The molecule has 0 heterocycles. The minimum absolute atomic E-state index is 0.194. The standard InChI is InChI=1S/C9H15F3N2O4/c1-8(18,6(15)16)5-14-7(17)13-4-2-3-9(10,11)12/h18H,2-5H2,1H3,(H,15,16)(H2,13,14,17). The third-order valence-corrected chi connectivity index (χ3v) is 1.98. The number of aliphatic carboxylic acids is 1. The highest BCUT2D eigenvalue weighted by Gasteiger charge is 2.30. The van der Waals surface area contributed by atoms with E-state index in [-0.39, 0.29) is 13.0 Å². The van der Waals surface area contributed by atoms with E-state index in [1.165, 1.54) is 0 Å². The molecule has 0 saturated carbocycles. The summed E-state index contributed by atoms with van der Waals surface area (Å²) < 4.78 is 35.2. The molecule has 0 rings (SSSR count). The first-order valence-electron chi connectivity index (χ1n) is 5.09. The number of urea groups is 1. The van der Waals surface area contributed by atoms with Crippen molar-refractivity contribution >= 4 is 12.0 Å². The molecular weight excluding hydrogens is 257 g/mol. The number of carboxylic acids is 1. The van der Waals surface area contributed by atoms with Crippen molar-refractivity contribution in [2.75, 3.05) is 13.1 Å². The molecule has 1 atom stereocenters. The van der Waals surface area contributed by atoms with Crippen LogP contribution in [-0.2, 0) is 4.79 Å². The minimum atomic E-state index is -4.27. The second-order valence-corrected chi connectivity index (χ2v) is 3.91. The molecule has 0 aliphatic carbocycles. The summed E-state index contributed by atoms with van der Waals surface area (Å²) in [5.74, 6) is -1.51. The van der Waals surface area contributed by atoms with Gasteiger partial charge in [-0.05, 0) is 13.3 Å². The smallest absolute Gasteiger partial charge is 0.389 e. The number of nitrogens with one attached hydrogen (secondary N) is 2. The molecule has 9 heteroatoms. The molecule has 0 bridgehead atoms. The Bertz CT molecular complexity index is 305. The maximum atomic E-state index is 11.7. The fraction of sp³-hybridized carbons (Fsp3) is 0.778. The highest BCUT2D eigenvalue weighted by Crippen LogP contribution is 2.20. The molecule has 106 valence electrons. The molecule has 0 spiro atoms. The molecule has 0 radical (unpaired) electrons. The zero-order valence-electron chi connectivity index (χ0n) is 9.67. The van der Waals surface area contributed by atoms with Crippen LogP contribution in [0.3, 0.4) is 0 Å². The number of carbonyl (C=O) groups excluding carboxylic acids is 1. The van der Waals surface area contributed by atoms with Crippen molar-refractivity contribution < 1.29 is 33.0 Å². The predicted molar refractivity (Wildman–Crippen MR) is 55.0 cm³/mol. The van der Waals surface area contributed by atoms with E-state index >= 15 is 0 Å². The third-order valence-electron chi connectivity index (χ3n) is 1.98. The van der Waals surface area contributed by atoms with Crippen LogP contribution in [0, 0.1) is 0 Å². The lowest BCUT2D eigenvalue weighted by molar-refractivity contribution is -0.155. The second kappa shape index (κ2) is 6.43. The van der Waals surface area contributed by atoms with Crippen LogP contribution in [0.2, 0.25) is 0 Å². The quantitative estimate of drug-likeness (QED) is 0.528. The van der Waals surface area contributed by atoms with Crippen molar-refractivity contribution in [3.05, 3.63) is 0 Å². The van der Waals surface area contributed by atoms with Gasteiger partial charge in [0.15, 0.2) is 5.60 Å². The summed E-state index contributed by atoms with van der Waals surface area (Å²) in [5, 5.41) is 21.9. The van der Waals surface area contributed by atoms with E-state index in [1.807, 2.05) is 5.32 Å². The van der Waals surface area contributed by atoms with Gasteiger partial charge in [-0.2, -0.15) is 13.2 Å². The average molecular weight is 272 g/mol. The number of halogens is 3. The van der Waals surface area contributed by atoms with E-state index in [9.17, 15) is 27.9 Å². The zero-order chi connectivity index (χ0) is 14.4. The Hall–Kier alpha value is -1.51. The Kier molecular flexibility index (Phi) is 5.89. The van der Waals surface area contributed by atoms with Crippen LogP contribution in [0.1, 0.15) is 19.8 Å². The largest absolute Gasteiger partial charge is 0.479 e. The van der Waals surface area contributed by atoms with Gasteiger partial charge in [-0.25, -0.2) is 9.59 Å². The molecule has 2 amide bonds. The van der Waals surface area contributed by atoms with Crippen molar-refractivity contribution in [1.82, 2.24) is 10.6 Å². The SMILES string of the molecule is CC(O)(CNC(=O)NCCCC(F)(F)F)C(=O)O. The van der Waals surface area contributed by atoms with Crippen LogP contribution < -0.4 is 10.6 Å². The van der Waals surface area contributed by atoms with Crippen LogP contribution in [0.5, 0.6) is 0 Å². The predicted octanol–water partition coefficient (Wildman–Crippen LogP) is 0.464. The number of aliphatic hydroxyl groups is 1. The van der Waals surface area contributed by atoms with E-state index in [4.69, 9.17) is 5.11 Å². The maximum absolute atomic E-state index is 11.7. The van der Waals surface area contributed by atoms with Crippen molar-refractivity contribution in [2.45, 2.75) is 31.5 Å². The maximum Gasteiger partial charge on any atom is 0.389 e. The minimum Gasteiger partial charge on any atom is -0.479 e. The Labute approximate surface area is 101 Å². The molecule has 0 aliphatic rings. The summed E-state index contributed by atoms with van der Waals surface area (Å²) >= 11 is 0. The van der Waals surface area contributed by atoms with Crippen LogP contribution in [-0.4, -0.2) is 47.1 Å². The number of carboxylic acid groups (broad SMARTS) is 1. The highest BCUT2D eigenvalue weighted by atomic mass is 19.4. The summed E-state index contributed by atoms with van der Waals surface area (Å²) in [6.45, 7) is 0.243. The molecule has 0 aliphatic heterocycles. The summed E-state index contributed by atoms with van der Waals surface area (Å²) in [4.78, 5) is 21.5. The van der Waals surface area contributed by atoms with Gasteiger partial charge < -0.3 is 20.8 Å². The molecule has 6 nitrogen and oxygen atoms in total. The Balaban J connectivity index is 3.77. The Morgan fingerprint density at radius 2 is 1.78 bits per heavy atom. The molecule has 0 fully saturated rings. The zero-order valence-corrected chi connectivity index (χ0v) is 9.67. The molecule has 0 saturated heterocycles. The number of hydrogen-bond donors (Lipinski definition) is 4. The molecule has 0 aromatic carbocycles. The normalized spacial score (nSPS) is 14.7. The van der Waals surface area contributed by atoms with Crippen molar-refractivity contribution in [3.63, 3.8) is 0 Å². The van der Waals surface area contributed by atoms with Crippen LogP contribution in [0.15, 0.2) is 0 Å². The summed E-state index contributed by atoms with van der Waals surface area (Å²) in [6, 6.07) is -0.835. The van der Waals surface area contributed by atoms with Gasteiger partial charge in [-0.15, -0.1) is 0 Å². The van der Waals surface area contributed by atoms with E-state index in [0.717, 1.165) is 6.92 Å². The number of alkyl halides is 3. The van der Waals surface area contributed by atoms with Crippen molar-refractivity contribution in [1.29, 1.82) is 0 Å².